The maximum absolute atomic E-state index is 12.3. The fourth-order valence-electron chi connectivity index (χ4n) is 2.60. The molecule has 3 heterocycles. The number of hydrogen-bond donors (Lipinski definition) is 1. The summed E-state index contributed by atoms with van der Waals surface area (Å²) < 4.78 is 2.08. The number of aromatic nitrogens is 4. The summed E-state index contributed by atoms with van der Waals surface area (Å²) in [5.41, 5.74) is 1.58. The highest BCUT2D eigenvalue weighted by Crippen LogP contribution is 2.31. The second-order valence-electron chi connectivity index (χ2n) is 6.53. The molecule has 3 aromatic heterocycles. The highest BCUT2D eigenvalue weighted by atomic mass is 35.5. The van der Waals surface area contributed by atoms with Gasteiger partial charge in [0.2, 0.25) is 5.91 Å². The second-order valence-corrected chi connectivity index (χ2v) is 8.77. The molecule has 28 heavy (non-hydrogen) atoms. The Balaban J connectivity index is 1.72. The Kier molecular flexibility index (Phi) is 7.09. The maximum atomic E-state index is 12.3. The number of rotatable bonds is 8. The number of anilines is 1. The van der Waals surface area contributed by atoms with Gasteiger partial charge < -0.3 is 9.88 Å². The van der Waals surface area contributed by atoms with Gasteiger partial charge in [-0.1, -0.05) is 44.1 Å². The van der Waals surface area contributed by atoms with Crippen molar-refractivity contribution in [2.45, 2.75) is 44.8 Å². The van der Waals surface area contributed by atoms with Crippen LogP contribution in [0.4, 0.5) is 5.69 Å². The van der Waals surface area contributed by atoms with Gasteiger partial charge in [0, 0.05) is 28.6 Å². The van der Waals surface area contributed by atoms with Gasteiger partial charge in [-0.05, 0) is 30.5 Å². The minimum absolute atomic E-state index is 0.162. The molecular formula is C19H22ClN5OS2. The number of carbonyl (C=O) groups is 1. The summed E-state index contributed by atoms with van der Waals surface area (Å²) in [4.78, 5) is 17.6. The van der Waals surface area contributed by atoms with Gasteiger partial charge in [-0.3, -0.25) is 4.79 Å². The van der Waals surface area contributed by atoms with E-state index in [2.05, 4.69) is 57.3 Å². The number of nitrogens with zero attached hydrogens (tertiary/aromatic N) is 4. The van der Waals surface area contributed by atoms with Crippen LogP contribution < -0.4 is 5.32 Å². The summed E-state index contributed by atoms with van der Waals surface area (Å²) in [6.07, 6.45) is 2.54. The van der Waals surface area contributed by atoms with Gasteiger partial charge in [0.05, 0.1) is 11.4 Å². The van der Waals surface area contributed by atoms with Crippen LogP contribution in [0.15, 0.2) is 34.9 Å². The fraction of sp³-hybridized carbons (Fsp3) is 0.368. The molecule has 0 aliphatic heterocycles. The van der Waals surface area contributed by atoms with Crippen LogP contribution in [0.3, 0.4) is 0 Å². The van der Waals surface area contributed by atoms with E-state index < -0.39 is 0 Å². The molecule has 0 aromatic carbocycles. The van der Waals surface area contributed by atoms with Crippen LogP contribution in [0.1, 0.15) is 38.0 Å². The molecule has 0 atom stereocenters. The van der Waals surface area contributed by atoms with E-state index in [1.165, 1.54) is 16.6 Å². The van der Waals surface area contributed by atoms with Crippen molar-refractivity contribution < 1.29 is 4.79 Å². The van der Waals surface area contributed by atoms with E-state index in [1.54, 1.807) is 29.7 Å². The zero-order chi connectivity index (χ0) is 20.1. The summed E-state index contributed by atoms with van der Waals surface area (Å²) in [6, 6.07) is 5.63. The predicted molar refractivity (Wildman–Crippen MR) is 116 cm³/mol. The topological polar surface area (TPSA) is 72.7 Å². The van der Waals surface area contributed by atoms with Gasteiger partial charge >= 0.3 is 0 Å². The molecule has 0 spiro atoms. The van der Waals surface area contributed by atoms with Crippen LogP contribution in [0.2, 0.25) is 5.15 Å². The average molecular weight is 436 g/mol. The third kappa shape index (κ3) is 4.92. The van der Waals surface area contributed by atoms with Crippen molar-refractivity contribution in [3.05, 3.63) is 39.8 Å². The van der Waals surface area contributed by atoms with Crippen molar-refractivity contribution in [3.63, 3.8) is 0 Å². The van der Waals surface area contributed by atoms with Gasteiger partial charge in [-0.25, -0.2) is 4.98 Å². The standard InChI is InChI=1S/C19H22ClN5OS2/c1-4-8-25-18(13-9-15(12(2)3)27-10-13)23-24-19(25)28-11-16(26)22-14-6-5-7-21-17(14)20/h5-7,9-10,12H,4,8,11H2,1-3H3,(H,22,26). The van der Waals surface area contributed by atoms with E-state index in [-0.39, 0.29) is 16.8 Å². The Bertz CT molecular complexity index is 953. The van der Waals surface area contributed by atoms with Gasteiger partial charge in [-0.15, -0.1) is 21.5 Å². The number of halogens is 1. The number of hydrogen-bond acceptors (Lipinski definition) is 6. The molecule has 3 rings (SSSR count). The first kappa shape index (κ1) is 20.8. The maximum Gasteiger partial charge on any atom is 0.234 e. The average Bonchev–Trinajstić information content (AvgIpc) is 3.29. The van der Waals surface area contributed by atoms with E-state index >= 15 is 0 Å². The first-order chi connectivity index (χ1) is 13.5. The monoisotopic (exact) mass is 435 g/mol. The zero-order valence-electron chi connectivity index (χ0n) is 16.0. The van der Waals surface area contributed by atoms with Crippen molar-refractivity contribution in [1.29, 1.82) is 0 Å². The van der Waals surface area contributed by atoms with Gasteiger partial charge in [0.15, 0.2) is 16.1 Å². The number of thioether (sulfide) groups is 1. The molecule has 9 heteroatoms. The SMILES string of the molecule is CCCn1c(SCC(=O)Nc2cccnc2Cl)nnc1-c1csc(C(C)C)c1. The van der Waals surface area contributed by atoms with E-state index in [1.807, 2.05) is 0 Å². The van der Waals surface area contributed by atoms with Crippen molar-refractivity contribution in [2.75, 3.05) is 11.1 Å². The van der Waals surface area contributed by atoms with Crippen molar-refractivity contribution in [3.8, 4) is 11.4 Å². The molecule has 1 N–H and O–H groups in total. The minimum Gasteiger partial charge on any atom is -0.323 e. The molecule has 0 saturated carbocycles. The molecule has 0 saturated heterocycles. The molecule has 3 aromatic rings. The van der Waals surface area contributed by atoms with Gasteiger partial charge in [0.1, 0.15) is 0 Å². The third-order valence-corrected chi connectivity index (χ3v) is 6.48. The zero-order valence-corrected chi connectivity index (χ0v) is 18.4. The third-order valence-electron chi connectivity index (χ3n) is 3.98. The Labute approximate surface area is 177 Å². The quantitative estimate of drug-likeness (QED) is 0.383. The van der Waals surface area contributed by atoms with E-state index in [9.17, 15) is 4.79 Å². The van der Waals surface area contributed by atoms with E-state index in [4.69, 9.17) is 11.6 Å². The number of thiophene rings is 1. The lowest BCUT2D eigenvalue weighted by atomic mass is 10.1. The molecule has 0 fully saturated rings. The molecule has 0 aliphatic rings. The van der Waals surface area contributed by atoms with Crippen molar-refractivity contribution in [1.82, 2.24) is 19.7 Å². The first-order valence-corrected chi connectivity index (χ1v) is 11.3. The summed E-state index contributed by atoms with van der Waals surface area (Å²) in [6.45, 7) is 7.28. The Morgan fingerprint density at radius 1 is 1.39 bits per heavy atom. The summed E-state index contributed by atoms with van der Waals surface area (Å²) in [5.74, 6) is 1.39. The minimum atomic E-state index is -0.162. The molecular weight excluding hydrogens is 414 g/mol. The summed E-state index contributed by atoms with van der Waals surface area (Å²) in [5, 5.41) is 14.6. The summed E-state index contributed by atoms with van der Waals surface area (Å²) >= 11 is 9.09. The molecule has 0 aliphatic carbocycles. The highest BCUT2D eigenvalue weighted by molar-refractivity contribution is 7.99. The van der Waals surface area contributed by atoms with E-state index in [0.717, 1.165) is 29.5 Å². The van der Waals surface area contributed by atoms with Crippen LogP contribution in [0.5, 0.6) is 0 Å². The molecule has 0 bridgehead atoms. The molecule has 1 amide bonds. The Hall–Kier alpha value is -1.90. The molecule has 148 valence electrons. The lowest BCUT2D eigenvalue weighted by Crippen LogP contribution is -2.15. The van der Waals surface area contributed by atoms with Gasteiger partial charge in [0.25, 0.3) is 0 Å². The lowest BCUT2D eigenvalue weighted by molar-refractivity contribution is -0.113. The number of amides is 1. The summed E-state index contributed by atoms with van der Waals surface area (Å²) in [7, 11) is 0. The molecule has 0 radical (unpaired) electrons. The first-order valence-electron chi connectivity index (χ1n) is 9.04. The number of pyridine rings is 1. The van der Waals surface area contributed by atoms with E-state index in [0.29, 0.717) is 11.6 Å². The number of nitrogens with one attached hydrogen (secondary N) is 1. The van der Waals surface area contributed by atoms with Crippen LogP contribution in [-0.4, -0.2) is 31.4 Å². The molecule has 6 nitrogen and oxygen atoms in total. The predicted octanol–water partition coefficient (Wildman–Crippen LogP) is 5.32. The Morgan fingerprint density at radius 3 is 2.89 bits per heavy atom. The Morgan fingerprint density at radius 2 is 2.21 bits per heavy atom. The van der Waals surface area contributed by atoms with Gasteiger partial charge in [-0.2, -0.15) is 0 Å². The normalized spacial score (nSPS) is 11.2. The number of carbonyl (C=O) groups excluding carboxylic acids is 1. The van der Waals surface area contributed by atoms with Crippen LogP contribution in [-0.2, 0) is 11.3 Å². The largest absolute Gasteiger partial charge is 0.323 e. The smallest absolute Gasteiger partial charge is 0.234 e. The van der Waals surface area contributed by atoms with Crippen LogP contribution >= 0.6 is 34.7 Å². The second kappa shape index (κ2) is 9.54. The van der Waals surface area contributed by atoms with Crippen molar-refractivity contribution >= 4 is 46.3 Å². The van der Waals surface area contributed by atoms with Crippen LogP contribution in [0.25, 0.3) is 11.4 Å². The highest BCUT2D eigenvalue weighted by Gasteiger charge is 2.17. The van der Waals surface area contributed by atoms with Crippen LogP contribution in [0, 0.1) is 0 Å². The van der Waals surface area contributed by atoms with Crippen molar-refractivity contribution in [2.24, 2.45) is 0 Å². The fourth-order valence-corrected chi connectivity index (χ4v) is 4.44. The lowest BCUT2D eigenvalue weighted by Gasteiger charge is -2.09. The molecule has 0 unspecified atom stereocenters.